The Hall–Kier alpha value is -3.95. The minimum absolute atomic E-state index is 0.0168. The maximum absolute atomic E-state index is 11.5. The topological polar surface area (TPSA) is 98.9 Å². The van der Waals surface area contributed by atoms with Crippen LogP contribution in [0.2, 0.25) is 0 Å². The lowest BCUT2D eigenvalue weighted by Gasteiger charge is -2.37. The van der Waals surface area contributed by atoms with Crippen LogP contribution in [0, 0.1) is 0 Å². The summed E-state index contributed by atoms with van der Waals surface area (Å²) >= 11 is 0. The van der Waals surface area contributed by atoms with Crippen LogP contribution in [0.3, 0.4) is 0 Å². The van der Waals surface area contributed by atoms with E-state index in [-0.39, 0.29) is 11.4 Å². The highest BCUT2D eigenvalue weighted by atomic mass is 16.5. The molecular weight excluding hydrogens is 508 g/mol. The first-order valence-electron chi connectivity index (χ1n) is 13.9. The van der Waals surface area contributed by atoms with Crippen molar-refractivity contribution in [3.63, 3.8) is 0 Å². The summed E-state index contributed by atoms with van der Waals surface area (Å²) in [5.41, 5.74) is 5.63. The van der Waals surface area contributed by atoms with E-state index < -0.39 is 5.97 Å². The zero-order valence-corrected chi connectivity index (χ0v) is 22.7. The van der Waals surface area contributed by atoms with Crippen LogP contribution >= 0.6 is 0 Å². The maximum atomic E-state index is 11.5. The SMILES string of the molecule is COc1c(C(=O)O)cnn1-c1cccc(C2=CCCC=C2OCc2ccc3c(c2)CCN(C2CCOCC2)C3)n1. The first kappa shape index (κ1) is 26.3. The Kier molecular flexibility index (Phi) is 7.66. The van der Waals surface area contributed by atoms with E-state index in [2.05, 4.69) is 40.3 Å². The van der Waals surface area contributed by atoms with Crippen LogP contribution in [0.4, 0.5) is 0 Å². The normalized spacial score (nSPS) is 18.0. The Labute approximate surface area is 233 Å². The monoisotopic (exact) mass is 542 g/mol. The second kappa shape index (κ2) is 11.7. The third-order valence-corrected chi connectivity index (χ3v) is 7.90. The number of allylic oxidation sites excluding steroid dienone is 3. The minimum atomic E-state index is -1.10. The fourth-order valence-corrected chi connectivity index (χ4v) is 5.80. The highest BCUT2D eigenvalue weighted by Gasteiger charge is 2.26. The van der Waals surface area contributed by atoms with Gasteiger partial charge in [-0.25, -0.2) is 9.78 Å². The molecule has 2 aliphatic heterocycles. The molecule has 9 heteroatoms. The molecule has 0 saturated carbocycles. The van der Waals surface area contributed by atoms with Gasteiger partial charge in [-0.2, -0.15) is 9.78 Å². The van der Waals surface area contributed by atoms with Crippen LogP contribution < -0.4 is 4.74 Å². The first-order chi connectivity index (χ1) is 19.6. The third kappa shape index (κ3) is 5.39. The van der Waals surface area contributed by atoms with Gasteiger partial charge in [-0.15, -0.1) is 0 Å². The summed E-state index contributed by atoms with van der Waals surface area (Å²) in [6.07, 6.45) is 10.6. The molecular formula is C31H34N4O5. The Morgan fingerprint density at radius 3 is 2.80 bits per heavy atom. The predicted molar refractivity (Wildman–Crippen MR) is 149 cm³/mol. The molecule has 0 spiro atoms. The molecule has 0 atom stereocenters. The summed E-state index contributed by atoms with van der Waals surface area (Å²) in [4.78, 5) is 18.9. The fraction of sp³-hybridized carbons (Fsp3) is 0.387. The summed E-state index contributed by atoms with van der Waals surface area (Å²) in [5.74, 6) is 0.298. The number of nitrogens with zero attached hydrogens (tertiary/aromatic N) is 4. The lowest BCUT2D eigenvalue weighted by Crippen LogP contribution is -2.42. The summed E-state index contributed by atoms with van der Waals surface area (Å²) < 4.78 is 18.6. The first-order valence-corrected chi connectivity index (χ1v) is 13.9. The van der Waals surface area contributed by atoms with Gasteiger partial charge < -0.3 is 19.3 Å². The number of fused-ring (bicyclic) bond motifs is 1. The molecule has 0 amide bonds. The minimum Gasteiger partial charge on any atom is -0.489 e. The third-order valence-electron chi connectivity index (χ3n) is 7.90. The number of ether oxygens (including phenoxy) is 3. The van der Waals surface area contributed by atoms with Crippen LogP contribution in [0.15, 0.2) is 60.5 Å². The number of hydrogen-bond acceptors (Lipinski definition) is 7. The molecule has 0 unspecified atom stereocenters. The van der Waals surface area contributed by atoms with E-state index in [9.17, 15) is 9.90 Å². The zero-order valence-electron chi connectivity index (χ0n) is 22.7. The average Bonchev–Trinajstić information content (AvgIpc) is 3.45. The van der Waals surface area contributed by atoms with Crippen molar-refractivity contribution in [2.75, 3.05) is 26.9 Å². The van der Waals surface area contributed by atoms with Gasteiger partial charge in [0.25, 0.3) is 0 Å². The number of hydrogen-bond donors (Lipinski definition) is 1. The maximum Gasteiger partial charge on any atom is 0.342 e. The molecule has 4 heterocycles. The molecule has 0 radical (unpaired) electrons. The highest BCUT2D eigenvalue weighted by Crippen LogP contribution is 2.31. The molecule has 208 valence electrons. The summed E-state index contributed by atoms with van der Waals surface area (Å²) in [7, 11) is 1.42. The van der Waals surface area contributed by atoms with Crippen molar-refractivity contribution in [1.29, 1.82) is 0 Å². The van der Waals surface area contributed by atoms with Crippen molar-refractivity contribution < 1.29 is 24.1 Å². The van der Waals surface area contributed by atoms with Crippen molar-refractivity contribution in [2.24, 2.45) is 0 Å². The number of methoxy groups -OCH3 is 1. The van der Waals surface area contributed by atoms with E-state index in [4.69, 9.17) is 19.2 Å². The highest BCUT2D eigenvalue weighted by molar-refractivity contribution is 5.90. The van der Waals surface area contributed by atoms with E-state index in [1.807, 2.05) is 12.1 Å². The van der Waals surface area contributed by atoms with E-state index in [0.29, 0.717) is 18.5 Å². The van der Waals surface area contributed by atoms with Crippen molar-refractivity contribution in [3.05, 3.63) is 88.5 Å². The van der Waals surface area contributed by atoms with Crippen molar-refractivity contribution in [1.82, 2.24) is 19.7 Å². The molecule has 0 bridgehead atoms. The standard InChI is InChI=1S/C31H34N4O5/c1-38-30-26(31(36)37)18-32-35(30)29-8-4-6-27(33-29)25-5-2-3-7-28(25)40-20-21-9-10-23-19-34(14-11-22(23)17-21)24-12-15-39-16-13-24/h4-10,17-18,24H,2-3,11-16,19-20H2,1H3,(H,36,37). The van der Waals surface area contributed by atoms with Gasteiger partial charge >= 0.3 is 5.97 Å². The van der Waals surface area contributed by atoms with E-state index in [0.717, 1.165) is 81.0 Å². The Morgan fingerprint density at radius 1 is 1.12 bits per heavy atom. The van der Waals surface area contributed by atoms with Gasteiger partial charge in [0.05, 0.1) is 19.0 Å². The number of rotatable bonds is 8. The van der Waals surface area contributed by atoms with Crippen LogP contribution in [0.1, 0.15) is 58.4 Å². The number of carbonyl (C=O) groups is 1. The predicted octanol–water partition coefficient (Wildman–Crippen LogP) is 4.79. The van der Waals surface area contributed by atoms with E-state index in [1.54, 1.807) is 6.07 Å². The fourth-order valence-electron chi connectivity index (χ4n) is 5.80. The van der Waals surface area contributed by atoms with Gasteiger partial charge in [0.2, 0.25) is 5.88 Å². The van der Waals surface area contributed by atoms with Gasteiger partial charge in [0.1, 0.15) is 17.9 Å². The number of carboxylic acid groups (broad SMARTS) is 1. The van der Waals surface area contributed by atoms with Gasteiger partial charge in [-0.3, -0.25) is 4.90 Å². The summed E-state index contributed by atoms with van der Waals surface area (Å²) in [5, 5.41) is 13.6. The Morgan fingerprint density at radius 2 is 1.98 bits per heavy atom. The average molecular weight is 543 g/mol. The molecule has 3 aromatic rings. The second-order valence-electron chi connectivity index (χ2n) is 10.4. The van der Waals surface area contributed by atoms with Crippen molar-refractivity contribution in [2.45, 2.75) is 51.3 Å². The Bertz CT molecular complexity index is 1450. The lowest BCUT2D eigenvalue weighted by molar-refractivity contribution is 0.0290. The Balaban J connectivity index is 1.15. The second-order valence-corrected chi connectivity index (χ2v) is 10.4. The molecule has 6 rings (SSSR count). The van der Waals surface area contributed by atoms with Crippen LogP contribution in [-0.2, 0) is 29.0 Å². The molecule has 3 aliphatic rings. The number of benzene rings is 1. The van der Waals surface area contributed by atoms with Gasteiger partial charge in [-0.05, 0) is 67.0 Å². The van der Waals surface area contributed by atoms with Crippen LogP contribution in [0.25, 0.3) is 11.4 Å². The molecule has 1 aliphatic carbocycles. The van der Waals surface area contributed by atoms with Gasteiger partial charge in [0.15, 0.2) is 5.82 Å². The van der Waals surface area contributed by atoms with E-state index in [1.165, 1.54) is 29.1 Å². The van der Waals surface area contributed by atoms with E-state index >= 15 is 0 Å². The molecule has 1 N–H and O–H groups in total. The number of aromatic carboxylic acids is 1. The number of pyridine rings is 1. The molecule has 9 nitrogen and oxygen atoms in total. The van der Waals surface area contributed by atoms with Gasteiger partial charge in [-0.1, -0.05) is 30.3 Å². The molecule has 2 aromatic heterocycles. The van der Waals surface area contributed by atoms with Gasteiger partial charge in [0, 0.05) is 37.9 Å². The molecule has 1 saturated heterocycles. The van der Waals surface area contributed by atoms with Crippen LogP contribution in [0.5, 0.6) is 5.88 Å². The molecule has 1 fully saturated rings. The summed E-state index contributed by atoms with van der Waals surface area (Å²) in [6, 6.07) is 12.9. The van der Waals surface area contributed by atoms with Crippen LogP contribution in [-0.4, -0.2) is 63.7 Å². The number of carboxylic acids is 1. The zero-order chi connectivity index (χ0) is 27.5. The molecule has 1 aromatic carbocycles. The summed E-state index contributed by atoms with van der Waals surface area (Å²) in [6.45, 7) is 4.33. The lowest BCUT2D eigenvalue weighted by atomic mass is 9.95. The molecule has 40 heavy (non-hydrogen) atoms. The van der Waals surface area contributed by atoms with Crippen molar-refractivity contribution in [3.8, 4) is 11.7 Å². The quantitative estimate of drug-likeness (QED) is 0.434. The largest absolute Gasteiger partial charge is 0.489 e. The smallest absolute Gasteiger partial charge is 0.342 e. The number of aromatic nitrogens is 3. The van der Waals surface area contributed by atoms with Crippen molar-refractivity contribution >= 4 is 11.5 Å².